The molecular weight excluding hydrogens is 397 g/mol. The summed E-state index contributed by atoms with van der Waals surface area (Å²) < 4.78 is 0. The molecule has 0 aliphatic rings. The first-order valence-electron chi connectivity index (χ1n) is 12.3. The average molecular weight is 440 g/mol. The maximum Gasteiger partial charge on any atom is 1.00 e. The summed E-state index contributed by atoms with van der Waals surface area (Å²) in [7, 11) is 0. The minimum atomic E-state index is -1.32. The molecule has 1 aromatic rings. The number of carboxylic acid groups (broad SMARTS) is 1. The van der Waals surface area contributed by atoms with Crippen LogP contribution < -0.4 is 40.0 Å². The third kappa shape index (κ3) is 15.6. The third-order valence-corrected chi connectivity index (χ3v) is 5.71. The number of nitrogens with one attached hydrogen (secondary N) is 1. The molecule has 0 atom stereocenters. The molecule has 0 heterocycles. The van der Waals surface area contributed by atoms with Crippen LogP contribution in [0.3, 0.4) is 0 Å². The van der Waals surface area contributed by atoms with Crippen molar-refractivity contribution in [3.63, 3.8) is 0 Å². The molecule has 0 unspecified atom stereocenters. The minimum Gasteiger partial charge on any atom is -0.545 e. The normalized spacial score (nSPS) is 10.5. The van der Waals surface area contributed by atoms with Gasteiger partial charge in [-0.05, 0) is 12.5 Å². The summed E-state index contributed by atoms with van der Waals surface area (Å²) in [6, 6.07) is 6.18. The molecule has 0 saturated heterocycles. The van der Waals surface area contributed by atoms with Crippen LogP contribution in [0.1, 0.15) is 130 Å². The van der Waals surface area contributed by atoms with Crippen molar-refractivity contribution in [3.05, 3.63) is 35.4 Å². The molecule has 31 heavy (non-hydrogen) atoms. The maximum absolute atomic E-state index is 12.1. The van der Waals surface area contributed by atoms with Gasteiger partial charge in [0.1, 0.15) is 0 Å². The van der Waals surface area contributed by atoms with E-state index in [4.69, 9.17) is 0 Å². The van der Waals surface area contributed by atoms with Crippen LogP contribution in [-0.2, 0) is 0 Å². The van der Waals surface area contributed by atoms with E-state index in [0.29, 0.717) is 6.54 Å². The van der Waals surface area contributed by atoms with Crippen molar-refractivity contribution in [2.75, 3.05) is 6.54 Å². The number of unbranched alkanes of at least 4 members (excludes halogenated alkanes) is 15. The quantitative estimate of drug-likeness (QED) is 0.266. The van der Waals surface area contributed by atoms with Crippen molar-refractivity contribution in [1.82, 2.24) is 5.32 Å². The van der Waals surface area contributed by atoms with E-state index in [1.165, 1.54) is 102 Å². The van der Waals surface area contributed by atoms with E-state index in [9.17, 15) is 14.7 Å². The van der Waals surface area contributed by atoms with Crippen LogP contribution >= 0.6 is 0 Å². The van der Waals surface area contributed by atoms with Gasteiger partial charge in [-0.2, -0.15) is 0 Å². The van der Waals surface area contributed by atoms with E-state index in [1.807, 2.05) is 0 Å². The van der Waals surface area contributed by atoms with Gasteiger partial charge >= 0.3 is 29.6 Å². The Morgan fingerprint density at radius 2 is 1.06 bits per heavy atom. The van der Waals surface area contributed by atoms with Gasteiger partial charge in [-0.3, -0.25) is 4.79 Å². The molecule has 170 valence electrons. The van der Waals surface area contributed by atoms with Crippen LogP contribution in [0, 0.1) is 0 Å². The molecule has 0 aromatic heterocycles. The van der Waals surface area contributed by atoms with Gasteiger partial charge in [0.15, 0.2) is 0 Å². The van der Waals surface area contributed by atoms with Gasteiger partial charge < -0.3 is 15.2 Å². The number of carbonyl (C=O) groups is 2. The second kappa shape index (κ2) is 21.0. The monoisotopic (exact) mass is 439 g/mol. The Labute approximate surface area is 212 Å². The van der Waals surface area contributed by atoms with Gasteiger partial charge in [-0.25, -0.2) is 0 Å². The van der Waals surface area contributed by atoms with Crippen LogP contribution in [-0.4, -0.2) is 18.4 Å². The maximum atomic E-state index is 12.1. The number of rotatable bonds is 19. The summed E-state index contributed by atoms with van der Waals surface area (Å²) in [6.45, 7) is 2.85. The molecule has 0 radical (unpaired) electrons. The molecule has 1 amide bonds. The summed E-state index contributed by atoms with van der Waals surface area (Å²) >= 11 is 0. The van der Waals surface area contributed by atoms with Crippen molar-refractivity contribution >= 4 is 11.9 Å². The number of hydrogen-bond donors (Lipinski definition) is 1. The van der Waals surface area contributed by atoms with E-state index >= 15 is 0 Å². The number of aromatic carboxylic acids is 1. The summed E-state index contributed by atoms with van der Waals surface area (Å²) in [4.78, 5) is 23.2. The Balaban J connectivity index is 0.00000900. The molecule has 0 spiro atoms. The zero-order chi connectivity index (χ0) is 21.9. The Bertz CT molecular complexity index is 592. The van der Waals surface area contributed by atoms with E-state index in [0.717, 1.165) is 12.8 Å². The standard InChI is InChI=1S/C26H43NO3.Na/c1-2-3-4-5-6-7-8-9-10-11-12-13-14-15-16-19-22-27-25(28)23-20-17-18-21-24(23)26(29)30;/h17-18,20-21H,2-16,19,22H2,1H3,(H,27,28)(H,29,30);/q;+1/p-1. The predicted molar refractivity (Wildman–Crippen MR) is 123 cm³/mol. The zero-order valence-corrected chi connectivity index (χ0v) is 22.1. The SMILES string of the molecule is CCCCCCCCCCCCCCCCCCNC(=O)c1ccccc1C(=O)[O-].[Na+]. The van der Waals surface area contributed by atoms with Crippen molar-refractivity contribution in [3.8, 4) is 0 Å². The average Bonchev–Trinajstić information content (AvgIpc) is 2.75. The largest absolute Gasteiger partial charge is 1.00 e. The van der Waals surface area contributed by atoms with Crippen molar-refractivity contribution in [1.29, 1.82) is 0 Å². The second-order valence-electron chi connectivity index (χ2n) is 8.39. The Morgan fingerprint density at radius 3 is 1.48 bits per heavy atom. The van der Waals surface area contributed by atoms with E-state index < -0.39 is 5.97 Å². The van der Waals surface area contributed by atoms with E-state index in [2.05, 4.69) is 12.2 Å². The number of benzene rings is 1. The molecule has 1 N–H and O–H groups in total. The van der Waals surface area contributed by atoms with E-state index in [1.54, 1.807) is 12.1 Å². The third-order valence-electron chi connectivity index (χ3n) is 5.71. The summed E-state index contributed by atoms with van der Waals surface area (Å²) in [6.07, 6.45) is 21.1. The molecule has 0 fully saturated rings. The topological polar surface area (TPSA) is 69.2 Å². The van der Waals surface area contributed by atoms with Gasteiger partial charge in [0.2, 0.25) is 0 Å². The molecule has 1 aromatic carbocycles. The van der Waals surface area contributed by atoms with Gasteiger partial charge in [-0.15, -0.1) is 0 Å². The number of amides is 1. The van der Waals surface area contributed by atoms with Crippen molar-refractivity contribution in [2.24, 2.45) is 0 Å². The molecule has 0 saturated carbocycles. The number of carbonyl (C=O) groups excluding carboxylic acids is 2. The Hall–Kier alpha value is -0.840. The molecule has 0 aliphatic carbocycles. The molecule has 4 nitrogen and oxygen atoms in total. The summed E-state index contributed by atoms with van der Waals surface area (Å²) in [5.41, 5.74) is 0.121. The summed E-state index contributed by atoms with van der Waals surface area (Å²) in [5.74, 6) is -1.65. The first-order chi connectivity index (χ1) is 14.7. The molecule has 0 bridgehead atoms. The smallest absolute Gasteiger partial charge is 0.545 e. The van der Waals surface area contributed by atoms with Crippen LogP contribution in [0.15, 0.2) is 24.3 Å². The number of hydrogen-bond acceptors (Lipinski definition) is 3. The molecular formula is C26H42NNaO3. The minimum absolute atomic E-state index is 0. The molecule has 5 heteroatoms. The van der Waals surface area contributed by atoms with Gasteiger partial charge in [0, 0.05) is 17.7 Å². The van der Waals surface area contributed by atoms with Crippen LogP contribution in [0.5, 0.6) is 0 Å². The van der Waals surface area contributed by atoms with Gasteiger partial charge in [0.25, 0.3) is 5.91 Å². The van der Waals surface area contributed by atoms with Crippen molar-refractivity contribution in [2.45, 2.75) is 110 Å². The number of carboxylic acids is 1. The summed E-state index contributed by atoms with van der Waals surface area (Å²) in [5, 5.41) is 13.9. The van der Waals surface area contributed by atoms with E-state index in [-0.39, 0.29) is 46.6 Å². The fourth-order valence-electron chi connectivity index (χ4n) is 3.83. The van der Waals surface area contributed by atoms with Crippen LogP contribution in [0.25, 0.3) is 0 Å². The fraction of sp³-hybridized carbons (Fsp3) is 0.692. The predicted octanol–water partition coefficient (Wildman–Crippen LogP) is 3.05. The van der Waals surface area contributed by atoms with Crippen LogP contribution in [0.4, 0.5) is 0 Å². The van der Waals surface area contributed by atoms with Gasteiger partial charge in [-0.1, -0.05) is 121 Å². The van der Waals surface area contributed by atoms with Crippen LogP contribution in [0.2, 0.25) is 0 Å². The van der Waals surface area contributed by atoms with Gasteiger partial charge in [0.05, 0.1) is 5.97 Å². The first kappa shape index (κ1) is 30.2. The Kier molecular flexibility index (Phi) is 20.5. The Morgan fingerprint density at radius 1 is 0.677 bits per heavy atom. The molecule has 1 rings (SSSR count). The fourth-order valence-corrected chi connectivity index (χ4v) is 3.83. The molecule has 0 aliphatic heterocycles. The zero-order valence-electron chi connectivity index (χ0n) is 20.1. The van der Waals surface area contributed by atoms with Crippen molar-refractivity contribution < 1.29 is 44.3 Å². The second-order valence-corrected chi connectivity index (χ2v) is 8.39. The first-order valence-corrected chi connectivity index (χ1v) is 12.3.